The number of allylic oxidation sites excluding steroid dienone is 1. The smallest absolute Gasteiger partial charge is 0.330 e. The van der Waals surface area contributed by atoms with E-state index in [-0.39, 0.29) is 12.6 Å². The van der Waals surface area contributed by atoms with Crippen molar-refractivity contribution in [3.05, 3.63) is 12.2 Å². The van der Waals surface area contributed by atoms with Gasteiger partial charge in [0.1, 0.15) is 0 Å². The number of carbonyl (C=O) groups is 1. The summed E-state index contributed by atoms with van der Waals surface area (Å²) in [6, 6.07) is 0. The van der Waals surface area contributed by atoms with Crippen LogP contribution in [0, 0.1) is 0 Å². The third-order valence-corrected chi connectivity index (χ3v) is 1.26. The molecule has 0 heterocycles. The first-order valence-corrected chi connectivity index (χ1v) is 4.25. The molecule has 12 heavy (non-hydrogen) atoms. The highest BCUT2D eigenvalue weighted by molar-refractivity contribution is 5.81. The lowest BCUT2D eigenvalue weighted by atomic mass is 10.3. The first-order chi connectivity index (χ1) is 5.81. The predicted octanol–water partition coefficient (Wildman–Crippen LogP) is 1.27. The molecule has 0 fully saturated rings. The van der Waals surface area contributed by atoms with Crippen LogP contribution in [-0.4, -0.2) is 24.3 Å². The van der Waals surface area contributed by atoms with Gasteiger partial charge in [-0.2, -0.15) is 0 Å². The maximum atomic E-state index is 10.8. The molecule has 0 rings (SSSR count). The Hall–Kier alpha value is -0.830. The summed E-state index contributed by atoms with van der Waals surface area (Å²) in [7, 11) is 0. The minimum atomic E-state index is -0.322. The van der Waals surface area contributed by atoms with Crippen LogP contribution >= 0.6 is 0 Å². The minimum absolute atomic E-state index is 0.0615. The minimum Gasteiger partial charge on any atom is -0.462 e. The molecule has 70 valence electrons. The van der Waals surface area contributed by atoms with Crippen molar-refractivity contribution in [2.75, 3.05) is 13.2 Å². The van der Waals surface area contributed by atoms with Gasteiger partial charge >= 0.3 is 5.97 Å². The number of unbranched alkanes of at least 4 members (excludes halogenated alkanes) is 1. The number of aliphatic hydroxyl groups excluding tert-OH is 1. The molecule has 0 radical (unpaired) electrons. The van der Waals surface area contributed by atoms with Crippen LogP contribution in [0.5, 0.6) is 0 Å². The van der Waals surface area contributed by atoms with E-state index in [9.17, 15) is 4.79 Å². The topological polar surface area (TPSA) is 46.5 Å². The number of esters is 1. The van der Waals surface area contributed by atoms with E-state index in [0.29, 0.717) is 13.0 Å². The van der Waals surface area contributed by atoms with Crippen molar-refractivity contribution < 1.29 is 14.6 Å². The molecule has 0 aliphatic rings. The maximum absolute atomic E-state index is 10.8. The highest BCUT2D eigenvalue weighted by Crippen LogP contribution is 1.90. The second kappa shape index (κ2) is 8.27. The predicted molar refractivity (Wildman–Crippen MR) is 46.7 cm³/mol. The summed E-state index contributed by atoms with van der Waals surface area (Å²) >= 11 is 0. The monoisotopic (exact) mass is 172 g/mol. The van der Waals surface area contributed by atoms with E-state index in [2.05, 4.69) is 0 Å². The zero-order valence-electron chi connectivity index (χ0n) is 7.45. The fraction of sp³-hybridized carbons (Fsp3) is 0.667. The fourth-order valence-corrected chi connectivity index (χ4v) is 0.632. The van der Waals surface area contributed by atoms with Gasteiger partial charge in [-0.15, -0.1) is 0 Å². The van der Waals surface area contributed by atoms with Crippen LogP contribution in [0.2, 0.25) is 0 Å². The van der Waals surface area contributed by atoms with Crippen molar-refractivity contribution in [2.45, 2.75) is 26.2 Å². The lowest BCUT2D eigenvalue weighted by Gasteiger charge is -1.98. The van der Waals surface area contributed by atoms with Crippen LogP contribution in [0.15, 0.2) is 12.2 Å². The molecule has 0 aromatic rings. The summed E-state index contributed by atoms with van der Waals surface area (Å²) in [5.41, 5.74) is 0. The van der Waals surface area contributed by atoms with Gasteiger partial charge in [-0.05, 0) is 6.42 Å². The molecule has 3 heteroatoms. The van der Waals surface area contributed by atoms with E-state index in [1.807, 2.05) is 6.92 Å². The van der Waals surface area contributed by atoms with Crippen LogP contribution < -0.4 is 0 Å². The van der Waals surface area contributed by atoms with Gasteiger partial charge in [-0.25, -0.2) is 4.79 Å². The molecule has 0 aliphatic carbocycles. The molecule has 0 unspecified atom stereocenters. The van der Waals surface area contributed by atoms with Crippen molar-refractivity contribution in [3.8, 4) is 0 Å². The Morgan fingerprint density at radius 2 is 2.33 bits per heavy atom. The largest absolute Gasteiger partial charge is 0.462 e. The molecule has 0 spiro atoms. The van der Waals surface area contributed by atoms with Crippen LogP contribution in [-0.2, 0) is 9.53 Å². The number of carbonyl (C=O) groups excluding carboxylic acids is 1. The summed E-state index contributed by atoms with van der Waals surface area (Å²) < 4.78 is 4.74. The van der Waals surface area contributed by atoms with Gasteiger partial charge in [0.05, 0.1) is 6.61 Å². The molecular weight excluding hydrogens is 156 g/mol. The number of hydrogen-bond acceptors (Lipinski definition) is 3. The fourth-order valence-electron chi connectivity index (χ4n) is 0.632. The van der Waals surface area contributed by atoms with Gasteiger partial charge in [0, 0.05) is 19.1 Å². The van der Waals surface area contributed by atoms with Crippen LogP contribution in [0.1, 0.15) is 26.2 Å². The molecule has 3 nitrogen and oxygen atoms in total. The Morgan fingerprint density at radius 1 is 1.58 bits per heavy atom. The van der Waals surface area contributed by atoms with Crippen molar-refractivity contribution >= 4 is 5.97 Å². The molecule has 0 amide bonds. The number of rotatable bonds is 6. The summed E-state index contributed by atoms with van der Waals surface area (Å²) in [5, 5.41) is 8.38. The summed E-state index contributed by atoms with van der Waals surface area (Å²) in [4.78, 5) is 10.8. The van der Waals surface area contributed by atoms with Gasteiger partial charge in [0.2, 0.25) is 0 Å². The zero-order valence-corrected chi connectivity index (χ0v) is 7.45. The Morgan fingerprint density at radius 3 is 2.92 bits per heavy atom. The quantitative estimate of drug-likeness (QED) is 0.373. The number of ether oxygens (including phenoxy) is 1. The molecule has 0 bridgehead atoms. The second-order valence-electron chi connectivity index (χ2n) is 2.44. The highest BCUT2D eigenvalue weighted by atomic mass is 16.5. The van der Waals surface area contributed by atoms with Gasteiger partial charge in [-0.1, -0.05) is 19.4 Å². The second-order valence-corrected chi connectivity index (χ2v) is 2.44. The first-order valence-electron chi connectivity index (χ1n) is 4.25. The lowest BCUT2D eigenvalue weighted by molar-refractivity contribution is -0.138. The molecule has 0 aliphatic heterocycles. The third kappa shape index (κ3) is 7.28. The van der Waals surface area contributed by atoms with Gasteiger partial charge in [0.15, 0.2) is 0 Å². The summed E-state index contributed by atoms with van der Waals surface area (Å²) in [6.45, 7) is 2.40. The molecule has 0 aromatic heterocycles. The zero-order chi connectivity index (χ0) is 9.23. The van der Waals surface area contributed by atoms with Gasteiger partial charge < -0.3 is 9.84 Å². The standard InChI is InChI=1S/C9H16O3/c1-2-3-4-6-9(11)12-8-5-7-10/h4,6,10H,2-3,5,7-8H2,1H3. The van der Waals surface area contributed by atoms with Crippen molar-refractivity contribution in [3.63, 3.8) is 0 Å². The summed E-state index contributed by atoms with van der Waals surface area (Å²) in [6.07, 6.45) is 5.66. The molecule has 0 saturated carbocycles. The molecule has 1 N–H and O–H groups in total. The first kappa shape index (κ1) is 11.2. The lowest BCUT2D eigenvalue weighted by Crippen LogP contribution is -2.03. The van der Waals surface area contributed by atoms with Crippen LogP contribution in [0.4, 0.5) is 0 Å². The Labute approximate surface area is 73.0 Å². The van der Waals surface area contributed by atoms with Crippen LogP contribution in [0.3, 0.4) is 0 Å². The van der Waals surface area contributed by atoms with E-state index >= 15 is 0 Å². The normalized spacial score (nSPS) is 10.5. The van der Waals surface area contributed by atoms with E-state index in [1.165, 1.54) is 6.08 Å². The number of aliphatic hydroxyl groups is 1. The average Bonchev–Trinajstić information content (AvgIpc) is 2.06. The Bertz CT molecular complexity index is 141. The van der Waals surface area contributed by atoms with Crippen molar-refractivity contribution in [1.82, 2.24) is 0 Å². The van der Waals surface area contributed by atoms with E-state index in [0.717, 1.165) is 12.8 Å². The van der Waals surface area contributed by atoms with Gasteiger partial charge in [-0.3, -0.25) is 0 Å². The Kier molecular flexibility index (Phi) is 7.70. The molecular formula is C9H16O3. The van der Waals surface area contributed by atoms with E-state index in [4.69, 9.17) is 9.84 Å². The average molecular weight is 172 g/mol. The van der Waals surface area contributed by atoms with Crippen molar-refractivity contribution in [1.29, 1.82) is 0 Å². The van der Waals surface area contributed by atoms with Crippen LogP contribution in [0.25, 0.3) is 0 Å². The van der Waals surface area contributed by atoms with Gasteiger partial charge in [0.25, 0.3) is 0 Å². The van der Waals surface area contributed by atoms with E-state index < -0.39 is 0 Å². The molecule has 0 atom stereocenters. The highest BCUT2D eigenvalue weighted by Gasteiger charge is 1.94. The van der Waals surface area contributed by atoms with E-state index in [1.54, 1.807) is 6.08 Å². The Balaban J connectivity index is 3.33. The molecule has 0 aromatic carbocycles. The maximum Gasteiger partial charge on any atom is 0.330 e. The number of hydrogen-bond donors (Lipinski definition) is 1. The van der Waals surface area contributed by atoms with Crippen molar-refractivity contribution in [2.24, 2.45) is 0 Å². The third-order valence-electron chi connectivity index (χ3n) is 1.26. The SMILES string of the molecule is CCCC=CC(=O)OCCCO. The molecule has 0 saturated heterocycles. The summed E-state index contributed by atoms with van der Waals surface area (Å²) in [5.74, 6) is -0.322.